The number of rotatable bonds is 7. The fourth-order valence-electron chi connectivity index (χ4n) is 2.05. The third kappa shape index (κ3) is 6.13. The molecule has 0 amide bonds. The van der Waals surface area contributed by atoms with E-state index in [9.17, 15) is 0 Å². The average Bonchev–Trinajstić information content (AvgIpc) is 2.28. The number of hydrogen-bond acceptors (Lipinski definition) is 3. The zero-order valence-electron chi connectivity index (χ0n) is 10.1. The van der Waals surface area contributed by atoms with Gasteiger partial charge in [-0.3, -0.25) is 0 Å². The summed E-state index contributed by atoms with van der Waals surface area (Å²) >= 11 is 0. The van der Waals surface area contributed by atoms with Crippen molar-refractivity contribution >= 4 is 0 Å². The van der Waals surface area contributed by atoms with Crippen LogP contribution in [0.15, 0.2) is 0 Å². The predicted molar refractivity (Wildman–Crippen MR) is 64.0 cm³/mol. The molecule has 1 unspecified atom stereocenters. The smallest absolute Gasteiger partial charge is 0.0597 e. The summed E-state index contributed by atoms with van der Waals surface area (Å²) in [5.41, 5.74) is 5.46. The molecule has 0 bridgehead atoms. The maximum atomic E-state index is 5.75. The second-order valence-electron chi connectivity index (χ2n) is 4.51. The predicted octanol–water partition coefficient (Wildman–Crippen LogP) is 1.62. The van der Waals surface area contributed by atoms with Crippen molar-refractivity contribution in [3.05, 3.63) is 0 Å². The van der Waals surface area contributed by atoms with Gasteiger partial charge in [-0.1, -0.05) is 6.42 Å². The zero-order valence-corrected chi connectivity index (χ0v) is 10.1. The highest BCUT2D eigenvalue weighted by Gasteiger charge is 2.09. The van der Waals surface area contributed by atoms with Crippen molar-refractivity contribution in [2.24, 2.45) is 5.73 Å². The Morgan fingerprint density at radius 1 is 1.27 bits per heavy atom. The summed E-state index contributed by atoms with van der Waals surface area (Å²) in [6, 6.07) is 0. The normalized spacial score (nSPS) is 20.4. The van der Waals surface area contributed by atoms with Crippen LogP contribution in [0.3, 0.4) is 0 Å². The topological polar surface area (TPSA) is 38.5 Å². The molecule has 1 atom stereocenters. The molecule has 0 aromatic carbocycles. The average molecular weight is 214 g/mol. The highest BCUT2D eigenvalue weighted by molar-refractivity contribution is 4.64. The van der Waals surface area contributed by atoms with E-state index in [1.807, 2.05) is 0 Å². The van der Waals surface area contributed by atoms with Crippen LogP contribution in [0.2, 0.25) is 0 Å². The molecule has 3 nitrogen and oxygen atoms in total. The lowest BCUT2D eigenvalue weighted by atomic mass is 10.1. The zero-order chi connectivity index (χ0) is 10.9. The Morgan fingerprint density at radius 3 is 2.67 bits per heavy atom. The Bertz CT molecular complexity index is 147. The van der Waals surface area contributed by atoms with Gasteiger partial charge in [0, 0.05) is 6.54 Å². The van der Waals surface area contributed by atoms with Crippen LogP contribution < -0.4 is 5.73 Å². The molecule has 0 saturated carbocycles. The first-order valence-electron chi connectivity index (χ1n) is 6.37. The van der Waals surface area contributed by atoms with Gasteiger partial charge in [0.25, 0.3) is 0 Å². The standard InChI is InChI=1S/C12H26N2O/c1-12(6-5-7-13)15-11-10-14-8-3-2-4-9-14/h12H,2-11,13H2,1H3. The number of nitrogens with zero attached hydrogens (tertiary/aromatic N) is 1. The molecule has 90 valence electrons. The summed E-state index contributed by atoms with van der Waals surface area (Å²) in [6.07, 6.45) is 6.68. The molecule has 0 spiro atoms. The molecule has 1 heterocycles. The van der Waals surface area contributed by atoms with E-state index in [0.29, 0.717) is 6.10 Å². The minimum Gasteiger partial charge on any atom is -0.377 e. The lowest BCUT2D eigenvalue weighted by Gasteiger charge is -2.26. The molecule has 0 aromatic rings. The Morgan fingerprint density at radius 2 is 2.00 bits per heavy atom. The molecule has 0 aromatic heterocycles. The second-order valence-corrected chi connectivity index (χ2v) is 4.51. The summed E-state index contributed by atoms with van der Waals surface area (Å²) < 4.78 is 5.75. The van der Waals surface area contributed by atoms with E-state index in [-0.39, 0.29) is 0 Å². The van der Waals surface area contributed by atoms with E-state index in [2.05, 4.69) is 11.8 Å². The molecular formula is C12H26N2O. The maximum absolute atomic E-state index is 5.75. The third-order valence-corrected chi connectivity index (χ3v) is 3.07. The van der Waals surface area contributed by atoms with Crippen LogP contribution in [0.25, 0.3) is 0 Å². The SMILES string of the molecule is CC(CCCN)OCCN1CCCCC1. The van der Waals surface area contributed by atoms with E-state index in [1.165, 1.54) is 32.4 Å². The van der Waals surface area contributed by atoms with E-state index >= 15 is 0 Å². The first-order valence-corrected chi connectivity index (χ1v) is 6.37. The largest absolute Gasteiger partial charge is 0.377 e. The van der Waals surface area contributed by atoms with Gasteiger partial charge < -0.3 is 15.4 Å². The van der Waals surface area contributed by atoms with Crippen LogP contribution in [-0.4, -0.2) is 43.8 Å². The fourth-order valence-corrected chi connectivity index (χ4v) is 2.05. The van der Waals surface area contributed by atoms with Crippen molar-refractivity contribution in [2.75, 3.05) is 32.8 Å². The molecule has 3 heteroatoms. The van der Waals surface area contributed by atoms with Crippen LogP contribution in [0.4, 0.5) is 0 Å². The Labute approximate surface area is 94.0 Å². The molecule has 1 fully saturated rings. The van der Waals surface area contributed by atoms with E-state index in [1.54, 1.807) is 0 Å². The summed E-state index contributed by atoms with van der Waals surface area (Å²) in [4.78, 5) is 2.51. The van der Waals surface area contributed by atoms with Crippen LogP contribution in [0, 0.1) is 0 Å². The van der Waals surface area contributed by atoms with E-state index < -0.39 is 0 Å². The third-order valence-electron chi connectivity index (χ3n) is 3.07. The van der Waals surface area contributed by atoms with Gasteiger partial charge in [-0.05, 0) is 52.2 Å². The minimum absolute atomic E-state index is 0.373. The lowest BCUT2D eigenvalue weighted by molar-refractivity contribution is 0.0396. The van der Waals surface area contributed by atoms with Crippen molar-refractivity contribution in [3.8, 4) is 0 Å². The van der Waals surface area contributed by atoms with Gasteiger partial charge >= 0.3 is 0 Å². The monoisotopic (exact) mass is 214 g/mol. The maximum Gasteiger partial charge on any atom is 0.0597 e. The Hall–Kier alpha value is -0.120. The van der Waals surface area contributed by atoms with Crippen LogP contribution in [-0.2, 0) is 4.74 Å². The van der Waals surface area contributed by atoms with Gasteiger partial charge in [0.15, 0.2) is 0 Å². The summed E-state index contributed by atoms with van der Waals surface area (Å²) in [6.45, 7) is 7.44. The second kappa shape index (κ2) is 8.08. The molecule has 1 aliphatic rings. The van der Waals surface area contributed by atoms with Crippen LogP contribution >= 0.6 is 0 Å². The van der Waals surface area contributed by atoms with Crippen molar-refractivity contribution in [1.82, 2.24) is 4.90 Å². The highest BCUT2D eigenvalue weighted by Crippen LogP contribution is 2.08. The van der Waals surface area contributed by atoms with Crippen molar-refractivity contribution in [3.63, 3.8) is 0 Å². The van der Waals surface area contributed by atoms with Gasteiger partial charge in [0.2, 0.25) is 0 Å². The molecular weight excluding hydrogens is 188 g/mol. The highest BCUT2D eigenvalue weighted by atomic mass is 16.5. The molecule has 0 aliphatic carbocycles. The van der Waals surface area contributed by atoms with Crippen molar-refractivity contribution in [1.29, 1.82) is 0 Å². The minimum atomic E-state index is 0.373. The van der Waals surface area contributed by atoms with Gasteiger partial charge in [-0.2, -0.15) is 0 Å². The van der Waals surface area contributed by atoms with Gasteiger partial charge in [-0.25, -0.2) is 0 Å². The molecule has 2 N–H and O–H groups in total. The van der Waals surface area contributed by atoms with Crippen molar-refractivity contribution < 1.29 is 4.74 Å². The first kappa shape index (κ1) is 12.9. The number of ether oxygens (including phenoxy) is 1. The summed E-state index contributed by atoms with van der Waals surface area (Å²) in [5.74, 6) is 0. The van der Waals surface area contributed by atoms with Crippen LogP contribution in [0.1, 0.15) is 39.0 Å². The molecule has 15 heavy (non-hydrogen) atoms. The van der Waals surface area contributed by atoms with Gasteiger partial charge in [0.05, 0.1) is 12.7 Å². The quantitative estimate of drug-likeness (QED) is 0.700. The van der Waals surface area contributed by atoms with Crippen molar-refractivity contribution in [2.45, 2.75) is 45.1 Å². The number of piperidine rings is 1. The van der Waals surface area contributed by atoms with E-state index in [0.717, 1.165) is 32.5 Å². The van der Waals surface area contributed by atoms with E-state index in [4.69, 9.17) is 10.5 Å². The van der Waals surface area contributed by atoms with Gasteiger partial charge in [0.1, 0.15) is 0 Å². The molecule has 1 aliphatic heterocycles. The number of likely N-dealkylation sites (tertiary alicyclic amines) is 1. The molecule has 0 radical (unpaired) electrons. The van der Waals surface area contributed by atoms with Gasteiger partial charge in [-0.15, -0.1) is 0 Å². The molecule has 1 saturated heterocycles. The summed E-state index contributed by atoms with van der Waals surface area (Å²) in [5, 5.41) is 0. The first-order chi connectivity index (χ1) is 7.33. The summed E-state index contributed by atoms with van der Waals surface area (Å²) in [7, 11) is 0. The lowest BCUT2D eigenvalue weighted by Crippen LogP contribution is -2.33. The Balaban J connectivity index is 1.94. The van der Waals surface area contributed by atoms with Crippen LogP contribution in [0.5, 0.6) is 0 Å². The number of nitrogens with two attached hydrogens (primary N) is 1. The molecule has 1 rings (SSSR count). The number of hydrogen-bond donors (Lipinski definition) is 1. The fraction of sp³-hybridized carbons (Fsp3) is 1.00. The Kier molecular flexibility index (Phi) is 6.98.